The highest BCUT2D eigenvalue weighted by molar-refractivity contribution is 9.10. The van der Waals surface area contributed by atoms with Gasteiger partial charge in [0.15, 0.2) is 0 Å². The van der Waals surface area contributed by atoms with Crippen LogP contribution in [0, 0.1) is 15.9 Å². The molecule has 0 radical (unpaired) electrons. The van der Waals surface area contributed by atoms with Crippen molar-refractivity contribution in [2.24, 2.45) is 0 Å². The van der Waals surface area contributed by atoms with Crippen LogP contribution in [0.4, 0.5) is 10.1 Å². The minimum Gasteiger partial charge on any atom is -0.432 e. The predicted octanol–water partition coefficient (Wildman–Crippen LogP) is 3.74. The van der Waals surface area contributed by atoms with Gasteiger partial charge in [-0.2, -0.15) is 0 Å². The van der Waals surface area contributed by atoms with Crippen molar-refractivity contribution in [3.63, 3.8) is 0 Å². The molecule has 0 aliphatic heterocycles. The molecular weight excluding hydrogens is 347 g/mol. The highest BCUT2D eigenvalue weighted by Gasteiger charge is 2.20. The van der Waals surface area contributed by atoms with Crippen molar-refractivity contribution < 1.29 is 19.2 Å². The van der Waals surface area contributed by atoms with E-state index < -0.39 is 22.5 Å². The van der Waals surface area contributed by atoms with Crippen LogP contribution in [0.2, 0.25) is 0 Å². The summed E-state index contributed by atoms with van der Waals surface area (Å²) >= 11 is 2.88. The molecule has 0 saturated heterocycles. The summed E-state index contributed by atoms with van der Waals surface area (Å²) in [4.78, 5) is 14.2. The van der Waals surface area contributed by atoms with Gasteiger partial charge < -0.3 is 9.84 Å². The lowest BCUT2D eigenvalue weighted by molar-refractivity contribution is -0.385. The molecule has 6 nitrogen and oxygen atoms in total. The molecule has 2 aromatic rings. The maximum absolute atomic E-state index is 13.5. The monoisotopic (exact) mass is 356 g/mol. The Bertz CT molecular complexity index is 694. The molecule has 1 aromatic heterocycles. The normalized spacial score (nSPS) is 12.0. The van der Waals surface area contributed by atoms with E-state index in [1.807, 2.05) is 0 Å². The molecule has 0 bridgehead atoms. The topological polar surface area (TPSA) is 85.5 Å². The fourth-order valence-corrected chi connectivity index (χ4v) is 1.93. The molecule has 110 valence electrons. The van der Waals surface area contributed by atoms with Gasteiger partial charge in [0.2, 0.25) is 11.6 Å². The number of aliphatic hydroxyl groups excluding tert-OH is 1. The first-order valence-electron chi connectivity index (χ1n) is 5.84. The van der Waals surface area contributed by atoms with Gasteiger partial charge >= 0.3 is 5.69 Å². The molecule has 0 amide bonds. The smallest absolute Gasteiger partial charge is 0.312 e. The lowest BCUT2D eigenvalue weighted by Gasteiger charge is -2.09. The lowest BCUT2D eigenvalue weighted by atomic mass is 10.2. The Hall–Kier alpha value is -2.06. The van der Waals surface area contributed by atoms with Gasteiger partial charge in [-0.25, -0.2) is 9.37 Å². The first-order chi connectivity index (χ1) is 9.88. The van der Waals surface area contributed by atoms with Crippen molar-refractivity contribution in [1.82, 2.24) is 4.98 Å². The number of rotatable bonds is 4. The zero-order chi connectivity index (χ0) is 15.6. The van der Waals surface area contributed by atoms with Gasteiger partial charge in [-0.05, 0) is 34.5 Å². The van der Waals surface area contributed by atoms with Crippen LogP contribution >= 0.6 is 15.9 Å². The van der Waals surface area contributed by atoms with E-state index in [0.29, 0.717) is 5.56 Å². The van der Waals surface area contributed by atoms with Gasteiger partial charge in [0, 0.05) is 24.4 Å². The zero-order valence-corrected chi connectivity index (χ0v) is 12.4. The molecule has 2 rings (SSSR count). The van der Waals surface area contributed by atoms with Crippen molar-refractivity contribution in [3.05, 3.63) is 56.4 Å². The maximum Gasteiger partial charge on any atom is 0.312 e. The number of aromatic nitrogens is 1. The number of halogens is 2. The molecule has 1 atom stereocenters. The number of benzene rings is 1. The van der Waals surface area contributed by atoms with Gasteiger partial charge in [-0.3, -0.25) is 10.1 Å². The number of ether oxygens (including phenoxy) is 1. The van der Waals surface area contributed by atoms with Crippen molar-refractivity contribution in [2.45, 2.75) is 13.0 Å². The van der Waals surface area contributed by atoms with E-state index in [4.69, 9.17) is 4.74 Å². The largest absolute Gasteiger partial charge is 0.432 e. The second kappa shape index (κ2) is 6.15. The number of hydrogen-bond acceptors (Lipinski definition) is 5. The van der Waals surface area contributed by atoms with Crippen LogP contribution in [0.5, 0.6) is 11.6 Å². The summed E-state index contributed by atoms with van der Waals surface area (Å²) in [6.45, 7) is 1.56. The molecule has 0 unspecified atom stereocenters. The van der Waals surface area contributed by atoms with Crippen LogP contribution in [-0.4, -0.2) is 15.0 Å². The van der Waals surface area contributed by atoms with Crippen LogP contribution in [0.3, 0.4) is 0 Å². The molecule has 0 aliphatic carbocycles. The van der Waals surface area contributed by atoms with Crippen molar-refractivity contribution in [2.75, 3.05) is 0 Å². The maximum atomic E-state index is 13.5. The summed E-state index contributed by atoms with van der Waals surface area (Å²) in [7, 11) is 0. The SMILES string of the molecule is C[C@H](O)c1ccnc(Oc2cc(F)c(Br)cc2[N+](=O)[O-])c1. The highest BCUT2D eigenvalue weighted by atomic mass is 79.9. The molecule has 1 N–H and O–H groups in total. The number of nitrogens with zero attached hydrogens (tertiary/aromatic N) is 2. The standard InChI is InChI=1S/C13H10BrFN2O4/c1-7(18)8-2-3-16-13(4-8)21-12-6-10(15)9(14)5-11(12)17(19)20/h2-7,18H,1H3/t7-/m0/s1. The number of hydrogen-bond donors (Lipinski definition) is 1. The Kier molecular flexibility index (Phi) is 4.49. The highest BCUT2D eigenvalue weighted by Crippen LogP contribution is 2.35. The first kappa shape index (κ1) is 15.3. The van der Waals surface area contributed by atoms with Gasteiger partial charge in [0.1, 0.15) is 5.82 Å². The average Bonchev–Trinajstić information content (AvgIpc) is 2.42. The Morgan fingerprint density at radius 3 is 2.81 bits per heavy atom. The van der Waals surface area contributed by atoms with Crippen LogP contribution < -0.4 is 4.74 Å². The fourth-order valence-electron chi connectivity index (χ4n) is 1.60. The molecule has 0 fully saturated rings. The Morgan fingerprint density at radius 1 is 1.48 bits per heavy atom. The van der Waals surface area contributed by atoms with Crippen molar-refractivity contribution in [3.8, 4) is 11.6 Å². The molecular formula is C13H10BrFN2O4. The van der Waals surface area contributed by atoms with E-state index in [0.717, 1.165) is 12.1 Å². The van der Waals surface area contributed by atoms with Gasteiger partial charge in [0.05, 0.1) is 15.5 Å². The number of nitro benzene ring substituents is 1. The van der Waals surface area contributed by atoms with Crippen LogP contribution in [0.25, 0.3) is 0 Å². The zero-order valence-electron chi connectivity index (χ0n) is 10.8. The third-order valence-electron chi connectivity index (χ3n) is 2.65. The van der Waals surface area contributed by atoms with E-state index in [9.17, 15) is 19.6 Å². The molecule has 0 saturated carbocycles. The summed E-state index contributed by atoms with van der Waals surface area (Å²) < 4.78 is 18.8. The van der Waals surface area contributed by atoms with Gasteiger partial charge in [-0.15, -0.1) is 0 Å². The summed E-state index contributed by atoms with van der Waals surface area (Å²) in [6.07, 6.45) is 0.644. The molecule has 0 aliphatic rings. The van der Waals surface area contributed by atoms with Crippen molar-refractivity contribution >= 4 is 21.6 Å². The third kappa shape index (κ3) is 3.53. The second-order valence-electron chi connectivity index (χ2n) is 4.20. The number of aliphatic hydroxyl groups is 1. The summed E-state index contributed by atoms with van der Waals surface area (Å²) in [6, 6.07) is 4.92. The predicted molar refractivity (Wildman–Crippen MR) is 75.7 cm³/mol. The first-order valence-corrected chi connectivity index (χ1v) is 6.63. The van der Waals surface area contributed by atoms with Crippen LogP contribution in [-0.2, 0) is 0 Å². The number of nitro groups is 1. The second-order valence-corrected chi connectivity index (χ2v) is 5.05. The molecule has 1 heterocycles. The van der Waals surface area contributed by atoms with E-state index in [-0.39, 0.29) is 16.1 Å². The van der Waals surface area contributed by atoms with Crippen molar-refractivity contribution in [1.29, 1.82) is 0 Å². The van der Waals surface area contributed by atoms with E-state index in [2.05, 4.69) is 20.9 Å². The Labute approximate surface area is 127 Å². The Morgan fingerprint density at radius 2 is 2.19 bits per heavy atom. The summed E-state index contributed by atoms with van der Waals surface area (Å²) in [5, 5.41) is 20.5. The third-order valence-corrected chi connectivity index (χ3v) is 3.26. The van der Waals surface area contributed by atoms with E-state index in [1.54, 1.807) is 13.0 Å². The van der Waals surface area contributed by atoms with Crippen LogP contribution in [0.15, 0.2) is 34.9 Å². The molecule has 21 heavy (non-hydrogen) atoms. The quantitative estimate of drug-likeness (QED) is 0.666. The minimum atomic E-state index is -0.744. The van der Waals surface area contributed by atoms with E-state index >= 15 is 0 Å². The average molecular weight is 357 g/mol. The molecule has 1 aromatic carbocycles. The van der Waals surface area contributed by atoms with Gasteiger partial charge in [-0.1, -0.05) is 0 Å². The number of pyridine rings is 1. The summed E-state index contributed by atoms with van der Waals surface area (Å²) in [5.74, 6) is -0.934. The minimum absolute atomic E-state index is 0.0261. The molecule has 8 heteroatoms. The fraction of sp³-hybridized carbons (Fsp3) is 0.154. The lowest BCUT2D eigenvalue weighted by Crippen LogP contribution is -1.98. The van der Waals surface area contributed by atoms with Crippen LogP contribution in [0.1, 0.15) is 18.6 Å². The van der Waals surface area contributed by atoms with Gasteiger partial charge in [0.25, 0.3) is 0 Å². The van der Waals surface area contributed by atoms with E-state index in [1.165, 1.54) is 12.3 Å². The Balaban J connectivity index is 2.41. The molecule has 0 spiro atoms. The summed E-state index contributed by atoms with van der Waals surface area (Å²) in [5.41, 5.74) is 0.132.